The van der Waals surface area contributed by atoms with Crippen LogP contribution in [-0.2, 0) is 0 Å². The summed E-state index contributed by atoms with van der Waals surface area (Å²) in [5, 5.41) is 2.41. The van der Waals surface area contributed by atoms with E-state index in [2.05, 4.69) is 79.5 Å². The van der Waals surface area contributed by atoms with Crippen LogP contribution < -0.4 is 4.74 Å². The van der Waals surface area contributed by atoms with Gasteiger partial charge in [0.1, 0.15) is 5.75 Å². The van der Waals surface area contributed by atoms with E-state index in [1.807, 2.05) is 6.92 Å². The molecule has 4 nitrogen and oxygen atoms in total. The number of unbranched alkanes of at least 4 members (excludes halogenated alkanes) is 1. The van der Waals surface area contributed by atoms with Crippen LogP contribution in [-0.4, -0.2) is 41.1 Å². The average Bonchev–Trinajstić information content (AvgIpc) is 3.35. The van der Waals surface area contributed by atoms with Gasteiger partial charge in [0.05, 0.1) is 21.8 Å². The van der Waals surface area contributed by atoms with Gasteiger partial charge in [-0.25, -0.2) is 4.98 Å². The first-order valence-corrected chi connectivity index (χ1v) is 12.4. The zero-order valence-electron chi connectivity index (χ0n) is 17.7. The molecule has 2 aromatic carbocycles. The van der Waals surface area contributed by atoms with E-state index in [4.69, 9.17) is 4.74 Å². The maximum Gasteiger partial charge on any atom is 0.121 e. The topological polar surface area (TPSA) is 41.1 Å². The Morgan fingerprint density at radius 1 is 1.19 bits per heavy atom. The van der Waals surface area contributed by atoms with Crippen molar-refractivity contribution in [2.24, 2.45) is 0 Å². The first-order chi connectivity index (χ1) is 15.2. The van der Waals surface area contributed by atoms with E-state index in [-0.39, 0.29) is 0 Å². The molecule has 31 heavy (non-hydrogen) atoms. The number of hydrogen-bond acceptors (Lipinski definition) is 4. The Hall–Kier alpha value is -2.15. The van der Waals surface area contributed by atoms with E-state index in [0.717, 1.165) is 66.3 Å². The summed E-state index contributed by atoms with van der Waals surface area (Å²) in [5.74, 6) is 0.925. The van der Waals surface area contributed by atoms with Crippen molar-refractivity contribution in [3.05, 3.63) is 63.7 Å². The summed E-state index contributed by atoms with van der Waals surface area (Å²) in [4.78, 5) is 10.5. The van der Waals surface area contributed by atoms with E-state index >= 15 is 0 Å². The monoisotopic (exact) mass is 495 g/mol. The van der Waals surface area contributed by atoms with E-state index < -0.39 is 0 Å². The Bertz CT molecular complexity index is 1240. The van der Waals surface area contributed by atoms with Crippen LogP contribution in [0.25, 0.3) is 26.7 Å². The van der Waals surface area contributed by atoms with Crippen molar-refractivity contribution < 1.29 is 4.74 Å². The van der Waals surface area contributed by atoms with Crippen molar-refractivity contribution in [2.45, 2.75) is 26.2 Å². The third-order valence-corrected chi connectivity index (χ3v) is 7.33. The van der Waals surface area contributed by atoms with Crippen molar-refractivity contribution in [1.82, 2.24) is 14.9 Å². The lowest BCUT2D eigenvalue weighted by atomic mass is 9.99. The van der Waals surface area contributed by atoms with Gasteiger partial charge in [-0.1, -0.05) is 28.1 Å². The molecular formula is C25H26BrN3OS. The first kappa shape index (κ1) is 20.7. The first-order valence-electron chi connectivity index (χ1n) is 10.8. The van der Waals surface area contributed by atoms with Crippen LogP contribution in [0.1, 0.15) is 29.8 Å². The Labute approximate surface area is 195 Å². The molecule has 5 rings (SSSR count). The molecule has 0 atom stereocenters. The predicted molar refractivity (Wildman–Crippen MR) is 134 cm³/mol. The highest BCUT2D eigenvalue weighted by Crippen LogP contribution is 2.31. The zero-order valence-corrected chi connectivity index (χ0v) is 20.1. The van der Waals surface area contributed by atoms with E-state index in [9.17, 15) is 0 Å². The third kappa shape index (κ3) is 4.71. The Balaban J connectivity index is 1.08. The fourth-order valence-corrected chi connectivity index (χ4v) is 5.43. The third-order valence-electron chi connectivity index (χ3n) is 5.89. The average molecular weight is 496 g/mol. The Morgan fingerprint density at radius 3 is 3.00 bits per heavy atom. The predicted octanol–water partition coefficient (Wildman–Crippen LogP) is 6.80. The second-order valence-corrected chi connectivity index (χ2v) is 10.2. The summed E-state index contributed by atoms with van der Waals surface area (Å²) in [7, 11) is 0. The lowest BCUT2D eigenvalue weighted by Crippen LogP contribution is -2.29. The molecule has 1 aliphatic rings. The van der Waals surface area contributed by atoms with Gasteiger partial charge in [-0.2, -0.15) is 0 Å². The van der Waals surface area contributed by atoms with Gasteiger partial charge in [0.15, 0.2) is 0 Å². The Morgan fingerprint density at radius 2 is 2.13 bits per heavy atom. The molecule has 3 heterocycles. The molecule has 0 bridgehead atoms. The van der Waals surface area contributed by atoms with Gasteiger partial charge >= 0.3 is 0 Å². The summed E-state index contributed by atoms with van der Waals surface area (Å²) >= 11 is 5.28. The van der Waals surface area contributed by atoms with Crippen LogP contribution >= 0.6 is 27.3 Å². The quantitative estimate of drug-likeness (QED) is 0.286. The standard InChI is InChI=1S/C25H26BrN3OS/c1-17-28-24-15-20(5-7-25(24)31-17)30-13-3-2-10-29-11-8-18(9-12-29)22-16-27-23-14-19(26)4-6-21(22)23/h4-8,14-16,27H,2-3,9-13H2,1H3. The molecule has 0 spiro atoms. The van der Waals surface area contributed by atoms with E-state index in [0.29, 0.717) is 0 Å². The number of hydrogen-bond donors (Lipinski definition) is 1. The molecule has 2 aromatic heterocycles. The summed E-state index contributed by atoms with van der Waals surface area (Å²) in [6.07, 6.45) is 7.88. The number of fused-ring (bicyclic) bond motifs is 2. The van der Waals surface area contributed by atoms with Crippen LogP contribution in [0, 0.1) is 6.92 Å². The number of aromatic nitrogens is 2. The number of rotatable bonds is 7. The smallest absolute Gasteiger partial charge is 0.121 e. The van der Waals surface area contributed by atoms with Gasteiger partial charge < -0.3 is 9.72 Å². The van der Waals surface area contributed by atoms with Crippen LogP contribution in [0.2, 0.25) is 0 Å². The molecule has 0 fully saturated rings. The molecule has 0 unspecified atom stereocenters. The number of thiazole rings is 1. The SMILES string of the molecule is Cc1nc2cc(OCCCCN3CC=C(c4c[nH]c5cc(Br)ccc45)CC3)ccc2s1. The van der Waals surface area contributed by atoms with Crippen LogP contribution in [0.5, 0.6) is 5.75 Å². The Kier molecular flexibility index (Phi) is 6.12. The van der Waals surface area contributed by atoms with Gasteiger partial charge in [0.25, 0.3) is 0 Å². The van der Waals surface area contributed by atoms with Crippen molar-refractivity contribution >= 4 is 54.0 Å². The highest BCUT2D eigenvalue weighted by Gasteiger charge is 2.15. The van der Waals surface area contributed by atoms with Gasteiger partial charge in [-0.15, -0.1) is 11.3 Å². The number of aromatic amines is 1. The molecule has 6 heteroatoms. The number of halogens is 1. The normalized spacial score (nSPS) is 15.0. The number of nitrogens with zero attached hydrogens (tertiary/aromatic N) is 2. The number of nitrogens with one attached hydrogen (secondary N) is 1. The van der Waals surface area contributed by atoms with Gasteiger partial charge in [-0.05, 0) is 62.6 Å². The van der Waals surface area contributed by atoms with Crippen LogP contribution in [0.4, 0.5) is 0 Å². The molecular weight excluding hydrogens is 470 g/mol. The molecule has 0 radical (unpaired) electrons. The van der Waals surface area contributed by atoms with Gasteiger partial charge in [-0.3, -0.25) is 4.90 Å². The summed E-state index contributed by atoms with van der Waals surface area (Å²) < 4.78 is 8.29. The molecule has 4 aromatic rings. The number of ether oxygens (including phenoxy) is 1. The molecule has 1 aliphatic heterocycles. The maximum absolute atomic E-state index is 5.96. The fourth-order valence-electron chi connectivity index (χ4n) is 4.26. The number of aryl methyl sites for hydroxylation is 1. The van der Waals surface area contributed by atoms with Gasteiger partial charge in [0, 0.05) is 46.3 Å². The van der Waals surface area contributed by atoms with Crippen molar-refractivity contribution in [3.63, 3.8) is 0 Å². The molecule has 0 amide bonds. The largest absolute Gasteiger partial charge is 0.494 e. The zero-order chi connectivity index (χ0) is 21.2. The molecule has 0 saturated carbocycles. The summed E-state index contributed by atoms with van der Waals surface area (Å²) in [6, 6.07) is 12.7. The molecule has 1 N–H and O–H groups in total. The van der Waals surface area contributed by atoms with Crippen LogP contribution in [0.3, 0.4) is 0 Å². The fraction of sp³-hybridized carbons (Fsp3) is 0.320. The van der Waals surface area contributed by atoms with E-state index in [1.54, 1.807) is 11.3 Å². The van der Waals surface area contributed by atoms with E-state index in [1.165, 1.54) is 26.7 Å². The minimum atomic E-state index is 0.758. The minimum absolute atomic E-state index is 0.758. The van der Waals surface area contributed by atoms with Gasteiger partial charge in [0.2, 0.25) is 0 Å². The molecule has 0 saturated heterocycles. The van der Waals surface area contributed by atoms with Crippen molar-refractivity contribution in [2.75, 3.05) is 26.2 Å². The maximum atomic E-state index is 5.96. The lowest BCUT2D eigenvalue weighted by Gasteiger charge is -2.26. The van der Waals surface area contributed by atoms with Crippen molar-refractivity contribution in [1.29, 1.82) is 0 Å². The van der Waals surface area contributed by atoms with Crippen LogP contribution in [0.15, 0.2) is 53.1 Å². The number of H-pyrrole nitrogens is 1. The second kappa shape index (κ2) is 9.15. The highest BCUT2D eigenvalue weighted by molar-refractivity contribution is 9.10. The molecule has 0 aliphatic carbocycles. The number of benzene rings is 2. The highest BCUT2D eigenvalue weighted by atomic mass is 79.9. The molecule has 160 valence electrons. The summed E-state index contributed by atoms with van der Waals surface area (Å²) in [5.41, 5.74) is 5.04. The summed E-state index contributed by atoms with van der Waals surface area (Å²) in [6.45, 7) is 6.07. The second-order valence-electron chi connectivity index (χ2n) is 8.09. The lowest BCUT2D eigenvalue weighted by molar-refractivity contribution is 0.265. The van der Waals surface area contributed by atoms with Crippen molar-refractivity contribution in [3.8, 4) is 5.75 Å². The minimum Gasteiger partial charge on any atom is -0.494 e.